The largest absolute Gasteiger partial charge is 0.479 e. The van der Waals surface area contributed by atoms with Crippen molar-refractivity contribution in [1.29, 1.82) is 0 Å². The fraction of sp³-hybridized carbons (Fsp3) is 0.467. The van der Waals surface area contributed by atoms with Crippen molar-refractivity contribution in [3.05, 3.63) is 34.3 Å². The predicted molar refractivity (Wildman–Crippen MR) is 80.3 cm³/mol. The molecule has 0 aliphatic rings. The second-order valence-corrected chi connectivity index (χ2v) is 6.46. The van der Waals surface area contributed by atoms with E-state index in [1.807, 2.05) is 0 Å². The molecule has 116 valence electrons. The number of benzene rings is 1. The number of esters is 1. The van der Waals surface area contributed by atoms with E-state index in [1.165, 1.54) is 0 Å². The van der Waals surface area contributed by atoms with Gasteiger partial charge in [-0.3, -0.25) is 0 Å². The van der Waals surface area contributed by atoms with Gasteiger partial charge in [0.15, 0.2) is 0 Å². The van der Waals surface area contributed by atoms with Gasteiger partial charge in [0.25, 0.3) is 0 Å². The number of carboxylic acids is 1. The topological polar surface area (TPSA) is 89.6 Å². The molecule has 3 N–H and O–H groups in total. The quantitative estimate of drug-likeness (QED) is 0.657. The highest BCUT2D eigenvalue weighted by atomic mass is 35.5. The molecule has 1 aromatic rings. The number of ether oxygens (including phenoxy) is 1. The third kappa shape index (κ3) is 4.44. The maximum Gasteiger partial charge on any atom is 0.338 e. The molecule has 21 heavy (non-hydrogen) atoms. The van der Waals surface area contributed by atoms with E-state index >= 15 is 0 Å². The van der Waals surface area contributed by atoms with Gasteiger partial charge in [0.1, 0.15) is 5.60 Å². The van der Waals surface area contributed by atoms with Crippen molar-refractivity contribution < 1.29 is 19.4 Å². The van der Waals surface area contributed by atoms with E-state index in [4.69, 9.17) is 22.1 Å². The zero-order valence-electron chi connectivity index (χ0n) is 12.6. The SMILES string of the molecule is Cc1cc(Cl)ccc1CC(N)(C(=O)O)C(=O)OC(C)(C)C. The Balaban J connectivity index is 3.11. The highest BCUT2D eigenvalue weighted by Crippen LogP contribution is 2.22. The van der Waals surface area contributed by atoms with Crippen LogP contribution in [-0.4, -0.2) is 28.2 Å². The van der Waals surface area contributed by atoms with Crippen molar-refractivity contribution in [1.82, 2.24) is 0 Å². The summed E-state index contributed by atoms with van der Waals surface area (Å²) < 4.78 is 5.13. The van der Waals surface area contributed by atoms with Crippen molar-refractivity contribution in [2.24, 2.45) is 5.73 Å². The maximum absolute atomic E-state index is 12.2. The van der Waals surface area contributed by atoms with Gasteiger partial charge in [-0.25, -0.2) is 9.59 Å². The fourth-order valence-electron chi connectivity index (χ4n) is 1.76. The Bertz CT molecular complexity index is 565. The summed E-state index contributed by atoms with van der Waals surface area (Å²) in [5.41, 5.74) is 4.28. The molecule has 0 saturated carbocycles. The van der Waals surface area contributed by atoms with E-state index in [1.54, 1.807) is 45.9 Å². The number of carbonyl (C=O) groups excluding carboxylic acids is 1. The number of hydrogen-bond acceptors (Lipinski definition) is 4. The molecule has 1 unspecified atom stereocenters. The molecule has 0 saturated heterocycles. The van der Waals surface area contributed by atoms with Crippen molar-refractivity contribution >= 4 is 23.5 Å². The highest BCUT2D eigenvalue weighted by Gasteiger charge is 2.45. The van der Waals surface area contributed by atoms with E-state index in [2.05, 4.69) is 0 Å². The Morgan fingerprint density at radius 3 is 2.33 bits per heavy atom. The lowest BCUT2D eigenvalue weighted by atomic mass is 9.89. The second-order valence-electron chi connectivity index (χ2n) is 6.03. The van der Waals surface area contributed by atoms with Crippen LogP contribution in [0.1, 0.15) is 31.9 Å². The summed E-state index contributed by atoms with van der Waals surface area (Å²) >= 11 is 5.86. The van der Waals surface area contributed by atoms with E-state index in [9.17, 15) is 14.7 Å². The van der Waals surface area contributed by atoms with Crippen molar-refractivity contribution in [2.45, 2.75) is 45.3 Å². The Kier molecular flexibility index (Phi) is 5.02. The van der Waals surface area contributed by atoms with Crippen molar-refractivity contribution in [3.63, 3.8) is 0 Å². The molecular formula is C15H20ClNO4. The monoisotopic (exact) mass is 313 g/mol. The maximum atomic E-state index is 12.2. The normalized spacial score (nSPS) is 14.4. The van der Waals surface area contributed by atoms with Gasteiger partial charge >= 0.3 is 11.9 Å². The summed E-state index contributed by atoms with van der Waals surface area (Å²) in [4.78, 5) is 23.6. The summed E-state index contributed by atoms with van der Waals surface area (Å²) in [6.45, 7) is 6.74. The molecule has 0 bridgehead atoms. The minimum absolute atomic E-state index is 0.166. The average Bonchev–Trinajstić information content (AvgIpc) is 2.30. The van der Waals surface area contributed by atoms with Crippen molar-refractivity contribution in [2.75, 3.05) is 0 Å². The van der Waals surface area contributed by atoms with Crippen LogP contribution in [0, 0.1) is 6.92 Å². The number of aliphatic carboxylic acids is 1. The molecule has 1 aromatic carbocycles. The Labute approximate surface area is 129 Å². The van der Waals surface area contributed by atoms with Gasteiger partial charge in [0.2, 0.25) is 5.54 Å². The number of rotatable bonds is 4. The molecule has 0 fully saturated rings. The number of carbonyl (C=O) groups is 2. The fourth-order valence-corrected chi connectivity index (χ4v) is 1.99. The molecule has 0 heterocycles. The molecular weight excluding hydrogens is 294 g/mol. The first-order valence-corrected chi connectivity index (χ1v) is 6.84. The Morgan fingerprint density at radius 2 is 1.90 bits per heavy atom. The second kappa shape index (κ2) is 6.03. The van der Waals surface area contributed by atoms with E-state index in [-0.39, 0.29) is 6.42 Å². The van der Waals surface area contributed by atoms with Gasteiger partial charge in [0, 0.05) is 11.4 Å². The molecule has 0 aromatic heterocycles. The van der Waals surface area contributed by atoms with Crippen LogP contribution in [0.4, 0.5) is 0 Å². The van der Waals surface area contributed by atoms with Crippen LogP contribution >= 0.6 is 11.6 Å². The lowest BCUT2D eigenvalue weighted by Gasteiger charge is -2.28. The third-order valence-corrected chi connectivity index (χ3v) is 3.15. The lowest BCUT2D eigenvalue weighted by Crippen LogP contribution is -2.58. The van der Waals surface area contributed by atoms with Gasteiger partial charge < -0.3 is 15.6 Å². The van der Waals surface area contributed by atoms with E-state index in [0.717, 1.165) is 5.56 Å². The summed E-state index contributed by atoms with van der Waals surface area (Å²) in [5.74, 6) is -2.39. The summed E-state index contributed by atoms with van der Waals surface area (Å²) in [5, 5.41) is 9.89. The van der Waals surface area contributed by atoms with Crippen molar-refractivity contribution in [3.8, 4) is 0 Å². The summed E-state index contributed by atoms with van der Waals surface area (Å²) in [6, 6.07) is 4.97. The minimum Gasteiger partial charge on any atom is -0.479 e. The molecule has 1 atom stereocenters. The first-order valence-electron chi connectivity index (χ1n) is 6.46. The van der Waals surface area contributed by atoms with Crippen LogP contribution in [0.2, 0.25) is 5.02 Å². The number of hydrogen-bond donors (Lipinski definition) is 2. The lowest BCUT2D eigenvalue weighted by molar-refractivity contribution is -0.169. The summed E-state index contributed by atoms with van der Waals surface area (Å²) in [7, 11) is 0. The molecule has 1 rings (SSSR count). The first-order chi connectivity index (χ1) is 9.45. The van der Waals surface area contributed by atoms with Crippen LogP contribution in [0.25, 0.3) is 0 Å². The number of aryl methyl sites for hydroxylation is 1. The van der Waals surface area contributed by atoms with Gasteiger partial charge in [-0.2, -0.15) is 0 Å². The predicted octanol–water partition coefficient (Wildman–Crippen LogP) is 2.31. The molecule has 0 amide bonds. The Hall–Kier alpha value is -1.59. The van der Waals surface area contributed by atoms with Gasteiger partial charge in [-0.05, 0) is 51.0 Å². The zero-order chi connectivity index (χ0) is 16.4. The van der Waals surface area contributed by atoms with Gasteiger partial charge in [-0.1, -0.05) is 17.7 Å². The average molecular weight is 314 g/mol. The smallest absolute Gasteiger partial charge is 0.338 e. The van der Waals surface area contributed by atoms with E-state index in [0.29, 0.717) is 10.6 Å². The molecule has 0 radical (unpaired) electrons. The third-order valence-electron chi connectivity index (χ3n) is 2.92. The first kappa shape index (κ1) is 17.5. The standard InChI is InChI=1S/C15H20ClNO4/c1-9-7-11(16)6-5-10(9)8-15(17,12(18)19)13(20)21-14(2,3)4/h5-7H,8,17H2,1-4H3,(H,18,19). The number of carboxylic acid groups (broad SMARTS) is 1. The Morgan fingerprint density at radius 1 is 1.33 bits per heavy atom. The van der Waals surface area contributed by atoms with Crippen LogP contribution in [0.5, 0.6) is 0 Å². The van der Waals surface area contributed by atoms with Gasteiger partial charge in [0.05, 0.1) is 0 Å². The minimum atomic E-state index is -2.13. The molecule has 0 aliphatic heterocycles. The highest BCUT2D eigenvalue weighted by molar-refractivity contribution is 6.30. The molecule has 5 nitrogen and oxygen atoms in total. The molecule has 6 heteroatoms. The van der Waals surface area contributed by atoms with Crippen LogP contribution in [0.3, 0.4) is 0 Å². The van der Waals surface area contributed by atoms with Crippen LogP contribution < -0.4 is 5.73 Å². The number of nitrogens with two attached hydrogens (primary N) is 1. The van der Waals surface area contributed by atoms with Crippen LogP contribution in [0.15, 0.2) is 18.2 Å². The molecule has 0 spiro atoms. The molecule has 0 aliphatic carbocycles. The summed E-state index contributed by atoms with van der Waals surface area (Å²) in [6.07, 6.45) is -0.166. The zero-order valence-corrected chi connectivity index (χ0v) is 13.3. The number of halogens is 1. The van der Waals surface area contributed by atoms with Gasteiger partial charge in [-0.15, -0.1) is 0 Å². The van der Waals surface area contributed by atoms with E-state index < -0.39 is 23.1 Å². The van der Waals surface area contributed by atoms with Crippen LogP contribution in [-0.2, 0) is 20.7 Å².